The van der Waals surface area contributed by atoms with Gasteiger partial charge in [0.1, 0.15) is 5.69 Å². The van der Waals surface area contributed by atoms with E-state index in [2.05, 4.69) is 5.32 Å². The van der Waals surface area contributed by atoms with E-state index in [0.29, 0.717) is 11.4 Å². The molecule has 0 aliphatic carbocycles. The van der Waals surface area contributed by atoms with E-state index in [4.69, 9.17) is 4.74 Å². The number of benzene rings is 2. The van der Waals surface area contributed by atoms with Crippen LogP contribution in [0.25, 0.3) is 0 Å². The molecule has 1 saturated heterocycles. The van der Waals surface area contributed by atoms with Gasteiger partial charge in [0.25, 0.3) is 11.6 Å². The maximum Gasteiger partial charge on any atom is 0.338 e. The third kappa shape index (κ3) is 4.64. The van der Waals surface area contributed by atoms with E-state index in [1.807, 2.05) is 24.0 Å². The largest absolute Gasteiger partial charge is 0.452 e. The smallest absolute Gasteiger partial charge is 0.338 e. The molecule has 146 valence electrons. The molecule has 8 nitrogen and oxygen atoms in total. The van der Waals surface area contributed by atoms with Crippen LogP contribution in [0.5, 0.6) is 0 Å². The van der Waals surface area contributed by atoms with Crippen LogP contribution in [0, 0.1) is 17.0 Å². The predicted molar refractivity (Wildman–Crippen MR) is 105 cm³/mol. The number of hydrogen-bond acceptors (Lipinski definition) is 6. The number of rotatable bonds is 6. The second kappa shape index (κ2) is 8.51. The lowest BCUT2D eigenvalue weighted by atomic mass is 10.1. The molecule has 1 amide bonds. The zero-order valence-corrected chi connectivity index (χ0v) is 15.5. The number of hydrogen-bond donors (Lipinski definition) is 1. The van der Waals surface area contributed by atoms with Crippen molar-refractivity contribution in [2.75, 3.05) is 29.9 Å². The van der Waals surface area contributed by atoms with Gasteiger partial charge in [0.2, 0.25) is 0 Å². The quantitative estimate of drug-likeness (QED) is 0.466. The third-order valence-corrected chi connectivity index (χ3v) is 4.52. The summed E-state index contributed by atoms with van der Waals surface area (Å²) in [7, 11) is 0. The van der Waals surface area contributed by atoms with Gasteiger partial charge < -0.3 is 15.0 Å². The number of aryl methyl sites for hydroxylation is 1. The minimum Gasteiger partial charge on any atom is -0.452 e. The van der Waals surface area contributed by atoms with Gasteiger partial charge in [0.15, 0.2) is 6.61 Å². The van der Waals surface area contributed by atoms with E-state index in [9.17, 15) is 19.7 Å². The molecule has 3 rings (SSSR count). The van der Waals surface area contributed by atoms with Crippen LogP contribution in [0.15, 0.2) is 42.5 Å². The number of carbonyl (C=O) groups excluding carboxylic acids is 2. The first-order valence-corrected chi connectivity index (χ1v) is 9.01. The van der Waals surface area contributed by atoms with Crippen molar-refractivity contribution in [2.45, 2.75) is 19.8 Å². The summed E-state index contributed by atoms with van der Waals surface area (Å²) in [5, 5.41) is 14.0. The van der Waals surface area contributed by atoms with Crippen LogP contribution in [0.1, 0.15) is 28.8 Å². The van der Waals surface area contributed by atoms with Gasteiger partial charge in [-0.15, -0.1) is 0 Å². The Morgan fingerprint density at radius 3 is 2.46 bits per heavy atom. The summed E-state index contributed by atoms with van der Waals surface area (Å²) in [6.07, 6.45) is 1.97. The minimum atomic E-state index is -0.782. The van der Waals surface area contributed by atoms with Gasteiger partial charge in [-0.05, 0) is 44.0 Å². The van der Waals surface area contributed by atoms with Crippen LogP contribution in [0.2, 0.25) is 0 Å². The first-order chi connectivity index (χ1) is 13.4. The highest BCUT2D eigenvalue weighted by Crippen LogP contribution is 2.31. The first-order valence-electron chi connectivity index (χ1n) is 9.01. The molecule has 1 aliphatic rings. The lowest BCUT2D eigenvalue weighted by Gasteiger charge is -2.17. The Bertz CT molecular complexity index is 889. The molecule has 0 spiro atoms. The Balaban J connectivity index is 1.63. The number of ether oxygens (including phenoxy) is 1. The standard InChI is InChI=1S/C20H21N3O5/c1-14-4-7-16(8-5-14)21-19(24)13-28-20(25)15-6-9-17(18(12-15)23(26)27)22-10-2-3-11-22/h4-9,12H,2-3,10-11,13H2,1H3,(H,21,24). The second-order valence-corrected chi connectivity index (χ2v) is 6.65. The highest BCUT2D eigenvalue weighted by Gasteiger charge is 2.24. The molecule has 1 fully saturated rings. The Morgan fingerprint density at radius 2 is 1.82 bits per heavy atom. The summed E-state index contributed by atoms with van der Waals surface area (Å²) < 4.78 is 5.00. The zero-order chi connectivity index (χ0) is 20.1. The van der Waals surface area contributed by atoms with Crippen molar-refractivity contribution in [1.29, 1.82) is 0 Å². The zero-order valence-electron chi connectivity index (χ0n) is 15.5. The maximum atomic E-state index is 12.2. The van der Waals surface area contributed by atoms with Crippen LogP contribution in [-0.4, -0.2) is 36.5 Å². The van der Waals surface area contributed by atoms with Gasteiger partial charge >= 0.3 is 5.97 Å². The third-order valence-electron chi connectivity index (χ3n) is 4.52. The number of nitrogens with one attached hydrogen (secondary N) is 1. The molecular formula is C20H21N3O5. The molecule has 1 N–H and O–H groups in total. The van der Waals surface area contributed by atoms with Crippen LogP contribution >= 0.6 is 0 Å². The van der Waals surface area contributed by atoms with E-state index >= 15 is 0 Å². The van der Waals surface area contributed by atoms with E-state index in [1.165, 1.54) is 12.1 Å². The topological polar surface area (TPSA) is 102 Å². The Labute approximate surface area is 162 Å². The van der Waals surface area contributed by atoms with Gasteiger partial charge in [-0.1, -0.05) is 17.7 Å². The molecule has 1 heterocycles. The average molecular weight is 383 g/mol. The maximum absolute atomic E-state index is 12.2. The van der Waals surface area contributed by atoms with Crippen molar-refractivity contribution in [2.24, 2.45) is 0 Å². The Kier molecular flexibility index (Phi) is 5.88. The number of anilines is 2. The first kappa shape index (κ1) is 19.3. The summed E-state index contributed by atoms with van der Waals surface area (Å²) in [5.74, 6) is -1.27. The Morgan fingerprint density at radius 1 is 1.14 bits per heavy atom. The van der Waals surface area contributed by atoms with Crippen molar-refractivity contribution in [3.63, 3.8) is 0 Å². The van der Waals surface area contributed by atoms with Crippen molar-refractivity contribution >= 4 is 28.9 Å². The van der Waals surface area contributed by atoms with Crippen molar-refractivity contribution in [1.82, 2.24) is 0 Å². The Hall–Kier alpha value is -3.42. The number of nitro groups is 1. The number of nitro benzene ring substituents is 1. The number of carbonyl (C=O) groups is 2. The predicted octanol–water partition coefficient (Wildman–Crippen LogP) is 3.30. The van der Waals surface area contributed by atoms with E-state index in [1.54, 1.807) is 18.2 Å². The van der Waals surface area contributed by atoms with Crippen LogP contribution < -0.4 is 10.2 Å². The highest BCUT2D eigenvalue weighted by molar-refractivity contribution is 5.96. The second-order valence-electron chi connectivity index (χ2n) is 6.65. The molecule has 0 atom stereocenters. The fraction of sp³-hybridized carbons (Fsp3) is 0.300. The molecule has 1 aliphatic heterocycles. The fourth-order valence-electron chi connectivity index (χ4n) is 3.07. The lowest BCUT2D eigenvalue weighted by molar-refractivity contribution is -0.384. The number of nitrogens with zero attached hydrogens (tertiary/aromatic N) is 2. The van der Waals surface area contributed by atoms with Crippen LogP contribution in [0.4, 0.5) is 17.1 Å². The minimum absolute atomic E-state index is 0.0396. The molecule has 8 heteroatoms. The summed E-state index contributed by atoms with van der Waals surface area (Å²) in [4.78, 5) is 37.0. The molecule has 2 aromatic carbocycles. The van der Waals surface area contributed by atoms with Crippen LogP contribution in [0.3, 0.4) is 0 Å². The van der Waals surface area contributed by atoms with E-state index < -0.39 is 23.4 Å². The normalized spacial score (nSPS) is 13.2. The van der Waals surface area contributed by atoms with Crippen molar-refractivity contribution < 1.29 is 19.2 Å². The molecule has 0 aromatic heterocycles. The SMILES string of the molecule is Cc1ccc(NC(=O)COC(=O)c2ccc(N3CCCC3)c([N+](=O)[O-])c2)cc1. The van der Waals surface area contributed by atoms with Crippen LogP contribution in [-0.2, 0) is 9.53 Å². The van der Waals surface area contributed by atoms with Crippen molar-refractivity contribution in [3.05, 3.63) is 63.7 Å². The number of esters is 1. The van der Waals surface area contributed by atoms with E-state index in [0.717, 1.165) is 31.5 Å². The molecule has 2 aromatic rings. The lowest BCUT2D eigenvalue weighted by Crippen LogP contribution is -2.21. The van der Waals surface area contributed by atoms with Crippen molar-refractivity contribution in [3.8, 4) is 0 Å². The molecule has 28 heavy (non-hydrogen) atoms. The summed E-state index contributed by atoms with van der Waals surface area (Å²) in [5.41, 5.74) is 2.05. The number of amides is 1. The van der Waals surface area contributed by atoms with Gasteiger partial charge in [0, 0.05) is 24.8 Å². The molecule has 0 saturated carbocycles. The fourth-order valence-corrected chi connectivity index (χ4v) is 3.07. The van der Waals surface area contributed by atoms with Gasteiger partial charge in [0.05, 0.1) is 10.5 Å². The highest BCUT2D eigenvalue weighted by atomic mass is 16.6. The van der Waals surface area contributed by atoms with Gasteiger partial charge in [-0.3, -0.25) is 14.9 Å². The van der Waals surface area contributed by atoms with E-state index in [-0.39, 0.29) is 11.3 Å². The monoisotopic (exact) mass is 383 g/mol. The molecule has 0 unspecified atom stereocenters. The molecule has 0 bridgehead atoms. The van der Waals surface area contributed by atoms with Gasteiger partial charge in [-0.2, -0.15) is 0 Å². The molecular weight excluding hydrogens is 362 g/mol. The average Bonchev–Trinajstić information content (AvgIpc) is 3.22. The molecule has 0 radical (unpaired) electrons. The summed E-state index contributed by atoms with van der Waals surface area (Å²) in [6, 6.07) is 11.4. The van der Waals surface area contributed by atoms with Gasteiger partial charge in [-0.25, -0.2) is 4.79 Å². The summed E-state index contributed by atoms with van der Waals surface area (Å²) in [6.45, 7) is 2.96. The summed E-state index contributed by atoms with van der Waals surface area (Å²) >= 11 is 0.